The van der Waals surface area contributed by atoms with Crippen molar-refractivity contribution in [3.8, 4) is 0 Å². The van der Waals surface area contributed by atoms with Crippen molar-refractivity contribution in [3.63, 3.8) is 0 Å². The van der Waals surface area contributed by atoms with E-state index in [0.29, 0.717) is 6.61 Å². The molecule has 146 valence electrons. The van der Waals surface area contributed by atoms with Gasteiger partial charge >= 0.3 is 0 Å². The van der Waals surface area contributed by atoms with Gasteiger partial charge < -0.3 is 24.7 Å². The lowest BCUT2D eigenvalue weighted by Crippen LogP contribution is -2.40. The third-order valence-corrected chi connectivity index (χ3v) is 3.97. The molecule has 0 aliphatic carbocycles. The molecule has 0 bridgehead atoms. The van der Waals surface area contributed by atoms with Crippen LogP contribution >= 0.6 is 0 Å². The van der Waals surface area contributed by atoms with Gasteiger partial charge in [-0.3, -0.25) is 0 Å². The smallest absolute Gasteiger partial charge is 0.115 e. The molecule has 2 N–H and O–H groups in total. The van der Waals surface area contributed by atoms with Crippen molar-refractivity contribution in [1.82, 2.24) is 0 Å². The Hall–Kier alpha value is -0.200. The van der Waals surface area contributed by atoms with E-state index in [1.807, 2.05) is 27.7 Å². The minimum Gasteiger partial charge on any atom is -0.376 e. The van der Waals surface area contributed by atoms with Gasteiger partial charge in [0.15, 0.2) is 0 Å². The zero-order valence-electron chi connectivity index (χ0n) is 15.6. The topological polar surface area (TPSA) is 62.9 Å². The van der Waals surface area contributed by atoms with Crippen LogP contribution in [0.4, 0.5) is 0 Å². The highest BCUT2D eigenvalue weighted by molar-refractivity contribution is 4.91. The van der Waals surface area contributed by atoms with E-state index in [1.54, 1.807) is 0 Å². The minimum atomic E-state index is -0.0622. The monoisotopic (exact) mass is 347 g/mol. The summed E-state index contributed by atoms with van der Waals surface area (Å²) in [5.41, 5.74) is 5.51. The molecule has 1 saturated heterocycles. The quantitative estimate of drug-likeness (QED) is 0.547. The lowest BCUT2D eigenvalue weighted by atomic mass is 10.1. The largest absolute Gasteiger partial charge is 0.376 e. The van der Waals surface area contributed by atoms with E-state index < -0.39 is 0 Å². The Bertz CT molecular complexity index is 299. The van der Waals surface area contributed by atoms with Crippen LogP contribution in [0.1, 0.15) is 67.7 Å². The summed E-state index contributed by atoms with van der Waals surface area (Å²) in [4.78, 5) is 0. The molecule has 0 aromatic carbocycles. The molecule has 1 rings (SSSR count). The second-order valence-electron chi connectivity index (χ2n) is 6.95. The van der Waals surface area contributed by atoms with Crippen molar-refractivity contribution in [2.75, 3.05) is 19.8 Å². The molecule has 5 heteroatoms. The van der Waals surface area contributed by atoms with Crippen molar-refractivity contribution >= 4 is 0 Å². The fourth-order valence-electron chi connectivity index (χ4n) is 2.86. The van der Waals surface area contributed by atoms with Crippen molar-refractivity contribution in [1.29, 1.82) is 0 Å². The third kappa shape index (κ3) is 8.77. The molecule has 1 aliphatic rings. The van der Waals surface area contributed by atoms with Gasteiger partial charge in [0.2, 0.25) is 0 Å². The minimum absolute atomic E-state index is 0. The van der Waals surface area contributed by atoms with E-state index in [9.17, 15) is 0 Å². The van der Waals surface area contributed by atoms with Gasteiger partial charge in [-0.1, -0.05) is 20.3 Å². The van der Waals surface area contributed by atoms with Crippen LogP contribution in [0.5, 0.6) is 0 Å². The first-order chi connectivity index (χ1) is 11.0. The average Bonchev–Trinajstić information content (AvgIpc) is 2.76. The van der Waals surface area contributed by atoms with E-state index in [-0.39, 0.29) is 44.1 Å². The molecular formula is C19H41NO4. The normalized spacial score (nSPS) is 27.0. The zero-order valence-corrected chi connectivity index (χ0v) is 15.6. The number of hydrogen-bond donors (Lipinski definition) is 1. The van der Waals surface area contributed by atoms with Crippen molar-refractivity contribution in [3.05, 3.63) is 0 Å². The Kier molecular flexibility index (Phi) is 13.0. The van der Waals surface area contributed by atoms with E-state index in [2.05, 4.69) is 6.92 Å². The van der Waals surface area contributed by atoms with Crippen LogP contribution < -0.4 is 5.73 Å². The molecule has 0 saturated carbocycles. The number of ether oxygens (including phenoxy) is 4. The molecular weight excluding hydrogens is 306 g/mol. The summed E-state index contributed by atoms with van der Waals surface area (Å²) in [6.45, 7) is 12.3. The van der Waals surface area contributed by atoms with Crippen LogP contribution in [0.25, 0.3) is 0 Å². The fourth-order valence-corrected chi connectivity index (χ4v) is 2.86. The molecule has 1 unspecified atom stereocenters. The number of unbranched alkanes of at least 4 members (excludes halogenated alkanes) is 3. The highest BCUT2D eigenvalue weighted by Crippen LogP contribution is 2.28. The molecule has 24 heavy (non-hydrogen) atoms. The van der Waals surface area contributed by atoms with Gasteiger partial charge in [-0.15, -0.1) is 0 Å². The first-order valence-electron chi connectivity index (χ1n) is 9.19. The summed E-state index contributed by atoms with van der Waals surface area (Å²) in [6.07, 6.45) is 4.71. The van der Waals surface area contributed by atoms with Crippen molar-refractivity contribution in [2.45, 2.75) is 104 Å². The van der Waals surface area contributed by atoms with E-state index >= 15 is 0 Å². The molecule has 5 nitrogen and oxygen atoms in total. The summed E-state index contributed by atoms with van der Waals surface area (Å²) < 4.78 is 24.0. The average molecular weight is 348 g/mol. The lowest BCUT2D eigenvalue weighted by molar-refractivity contribution is -0.103. The highest BCUT2D eigenvalue weighted by Gasteiger charge is 2.44. The second-order valence-corrected chi connectivity index (χ2v) is 6.95. The molecule has 0 aromatic heterocycles. The summed E-state index contributed by atoms with van der Waals surface area (Å²) in [6, 6.07) is 0. The van der Waals surface area contributed by atoms with Gasteiger partial charge in [-0.05, 0) is 54.0 Å². The predicted molar refractivity (Wildman–Crippen MR) is 99.4 cm³/mol. The molecule has 0 amide bonds. The van der Waals surface area contributed by atoms with Crippen molar-refractivity contribution < 1.29 is 18.9 Å². The summed E-state index contributed by atoms with van der Waals surface area (Å²) in [7, 11) is 0. The molecule has 0 aromatic rings. The van der Waals surface area contributed by atoms with Gasteiger partial charge in [0.1, 0.15) is 18.3 Å². The van der Waals surface area contributed by atoms with Gasteiger partial charge in [0, 0.05) is 6.61 Å². The Labute approximate surface area is 149 Å². The third-order valence-electron chi connectivity index (χ3n) is 3.97. The van der Waals surface area contributed by atoms with E-state index in [4.69, 9.17) is 24.7 Å². The maximum atomic E-state index is 6.11. The highest BCUT2D eigenvalue weighted by atomic mass is 16.6. The van der Waals surface area contributed by atoms with Crippen LogP contribution in [0.2, 0.25) is 0 Å². The second kappa shape index (κ2) is 13.1. The van der Waals surface area contributed by atoms with Gasteiger partial charge in [0.05, 0.1) is 24.9 Å². The van der Waals surface area contributed by atoms with E-state index in [1.165, 1.54) is 6.42 Å². The molecule has 0 radical (unpaired) electrons. The lowest BCUT2D eigenvalue weighted by Gasteiger charge is -2.26. The van der Waals surface area contributed by atoms with E-state index in [0.717, 1.165) is 32.4 Å². The van der Waals surface area contributed by atoms with Crippen LogP contribution in [0.15, 0.2) is 0 Å². The van der Waals surface area contributed by atoms with Crippen LogP contribution in [0, 0.1) is 0 Å². The molecule has 1 fully saturated rings. The molecule has 1 aliphatic heterocycles. The molecule has 0 spiro atoms. The summed E-state index contributed by atoms with van der Waals surface area (Å²) in [5, 5.41) is 0. The number of rotatable bonds is 12. The Balaban J connectivity index is 0.00000529. The van der Waals surface area contributed by atoms with Gasteiger partial charge in [-0.2, -0.15) is 0 Å². The molecule has 1 heterocycles. The number of nitrogens with two attached hydrogens (primary N) is 1. The summed E-state index contributed by atoms with van der Waals surface area (Å²) >= 11 is 0. The Morgan fingerprint density at radius 3 is 2.21 bits per heavy atom. The Morgan fingerprint density at radius 1 is 0.958 bits per heavy atom. The fraction of sp³-hybridized carbons (Fsp3) is 1.00. The maximum Gasteiger partial charge on any atom is 0.115 e. The van der Waals surface area contributed by atoms with Crippen LogP contribution in [-0.4, -0.2) is 56.4 Å². The first kappa shape index (κ1) is 23.8. The van der Waals surface area contributed by atoms with Gasteiger partial charge in [0.25, 0.3) is 0 Å². The van der Waals surface area contributed by atoms with Crippen molar-refractivity contribution in [2.24, 2.45) is 5.73 Å². The number of hydrogen-bond acceptors (Lipinski definition) is 5. The Morgan fingerprint density at radius 2 is 1.62 bits per heavy atom. The predicted octanol–water partition coefficient (Wildman–Crippen LogP) is 3.53. The zero-order chi connectivity index (χ0) is 17.2. The van der Waals surface area contributed by atoms with Crippen LogP contribution in [-0.2, 0) is 18.9 Å². The van der Waals surface area contributed by atoms with Gasteiger partial charge in [-0.25, -0.2) is 0 Å². The summed E-state index contributed by atoms with van der Waals surface area (Å²) in [5.74, 6) is 0. The van der Waals surface area contributed by atoms with Crippen LogP contribution in [0.3, 0.4) is 0 Å². The standard InChI is InChI=1S/C18H37NO4.CH4/c1-13(2)21-12-16-18(22-14(3)4)17(15(5)23-16)20-11-9-7-6-8-10-19;/h13-18H,6-12,19H2,1-5H3;1H4/t15-,16?,17-,18+;/m0./s1. The maximum absolute atomic E-state index is 6.11. The first-order valence-corrected chi connectivity index (χ1v) is 9.19. The SMILES string of the molecule is C.CC(C)OCC1O[C@@H](C)[C@H](OCCCCCCN)[C@@H]1OC(C)C. The molecule has 4 atom stereocenters.